The van der Waals surface area contributed by atoms with E-state index in [4.69, 9.17) is 20.6 Å². The van der Waals surface area contributed by atoms with Crippen LogP contribution in [0.25, 0.3) is 0 Å². The van der Waals surface area contributed by atoms with Gasteiger partial charge in [0.05, 0.1) is 18.9 Å². The van der Waals surface area contributed by atoms with E-state index in [1.807, 2.05) is 6.92 Å². The molecule has 1 atom stereocenters. The topological polar surface area (TPSA) is 86.2 Å². The first-order valence-corrected chi connectivity index (χ1v) is 5.22. The van der Waals surface area contributed by atoms with E-state index in [0.29, 0.717) is 23.7 Å². The molecular weight excluding hydrogens is 208 g/mol. The molecule has 16 heavy (non-hydrogen) atoms. The largest absolute Gasteiger partial charge is 0.471 e. The van der Waals surface area contributed by atoms with Crippen molar-refractivity contribution >= 4 is 5.84 Å². The van der Waals surface area contributed by atoms with Crippen molar-refractivity contribution in [2.75, 3.05) is 13.2 Å². The lowest BCUT2D eigenvalue weighted by atomic mass is 10.2. The van der Waals surface area contributed by atoms with E-state index < -0.39 is 0 Å². The maximum atomic E-state index is 7.52. The molecule has 3 N–H and O–H groups in total. The smallest absolute Gasteiger partial charge is 0.223 e. The molecule has 1 fully saturated rings. The second kappa shape index (κ2) is 4.13. The zero-order valence-electron chi connectivity index (χ0n) is 9.49. The van der Waals surface area contributed by atoms with Gasteiger partial charge in [0, 0.05) is 13.5 Å². The highest BCUT2D eigenvalue weighted by Gasteiger charge is 2.23. The molecule has 0 bridgehead atoms. The molecule has 0 aliphatic carbocycles. The Morgan fingerprint density at radius 2 is 2.44 bits per heavy atom. The summed E-state index contributed by atoms with van der Waals surface area (Å²) in [7, 11) is 1.78. The van der Waals surface area contributed by atoms with E-state index in [1.165, 1.54) is 0 Å². The Hall–Kier alpha value is -1.56. The van der Waals surface area contributed by atoms with Gasteiger partial charge in [-0.25, -0.2) is 4.68 Å². The summed E-state index contributed by atoms with van der Waals surface area (Å²) in [6, 6.07) is 0. The zero-order chi connectivity index (χ0) is 11.7. The first-order chi connectivity index (χ1) is 7.59. The molecule has 1 aliphatic heterocycles. The summed E-state index contributed by atoms with van der Waals surface area (Å²) in [4.78, 5) is 0. The van der Waals surface area contributed by atoms with Crippen molar-refractivity contribution in [3.05, 3.63) is 11.3 Å². The summed E-state index contributed by atoms with van der Waals surface area (Å²) < 4.78 is 12.6. The molecule has 1 aromatic rings. The van der Waals surface area contributed by atoms with Gasteiger partial charge in [0.15, 0.2) is 0 Å². The van der Waals surface area contributed by atoms with Crippen molar-refractivity contribution in [1.82, 2.24) is 9.78 Å². The highest BCUT2D eigenvalue weighted by Crippen LogP contribution is 2.23. The van der Waals surface area contributed by atoms with Gasteiger partial charge in [0.2, 0.25) is 5.88 Å². The van der Waals surface area contributed by atoms with Crippen LogP contribution in [0.3, 0.4) is 0 Å². The lowest BCUT2D eigenvalue weighted by molar-refractivity contribution is 0.134. The minimum atomic E-state index is -0.0143. The monoisotopic (exact) mass is 224 g/mol. The second-order valence-corrected chi connectivity index (χ2v) is 3.91. The predicted molar refractivity (Wildman–Crippen MR) is 58.8 cm³/mol. The summed E-state index contributed by atoms with van der Waals surface area (Å²) in [5.74, 6) is 0.542. The molecule has 0 aromatic carbocycles. The number of aryl methyl sites for hydroxylation is 2. The SMILES string of the molecule is Cc1nn(C)c(OC2CCOC2)c1C(=N)N. The first-order valence-electron chi connectivity index (χ1n) is 5.22. The third-order valence-corrected chi connectivity index (χ3v) is 2.61. The Morgan fingerprint density at radius 1 is 1.69 bits per heavy atom. The lowest BCUT2D eigenvalue weighted by Gasteiger charge is -2.13. The fourth-order valence-corrected chi connectivity index (χ4v) is 1.85. The van der Waals surface area contributed by atoms with E-state index in [1.54, 1.807) is 11.7 Å². The van der Waals surface area contributed by atoms with Crippen molar-refractivity contribution in [3.63, 3.8) is 0 Å². The van der Waals surface area contributed by atoms with E-state index in [9.17, 15) is 0 Å². The van der Waals surface area contributed by atoms with Gasteiger partial charge in [0.1, 0.15) is 17.5 Å². The number of ether oxygens (including phenoxy) is 2. The van der Waals surface area contributed by atoms with Crippen LogP contribution in [0.5, 0.6) is 5.88 Å². The molecular formula is C10H16N4O2. The predicted octanol–water partition coefficient (Wildman–Crippen LogP) is 0.180. The molecule has 6 heteroatoms. The summed E-state index contributed by atoms with van der Waals surface area (Å²) in [6.45, 7) is 3.12. The normalized spacial score (nSPS) is 20.0. The Bertz CT molecular complexity index is 407. The molecule has 0 radical (unpaired) electrons. The molecule has 0 spiro atoms. The molecule has 88 valence electrons. The van der Waals surface area contributed by atoms with E-state index in [2.05, 4.69) is 5.10 Å². The van der Waals surface area contributed by atoms with Crippen LogP contribution in [0.2, 0.25) is 0 Å². The van der Waals surface area contributed by atoms with Crippen LogP contribution in [0, 0.1) is 12.3 Å². The molecule has 1 aromatic heterocycles. The van der Waals surface area contributed by atoms with E-state index in [0.717, 1.165) is 13.0 Å². The molecule has 2 rings (SSSR count). The number of hydrogen-bond donors (Lipinski definition) is 2. The number of amidine groups is 1. The lowest BCUT2D eigenvalue weighted by Crippen LogP contribution is -2.20. The third-order valence-electron chi connectivity index (χ3n) is 2.61. The number of nitrogens with zero attached hydrogens (tertiary/aromatic N) is 2. The molecule has 0 saturated carbocycles. The van der Waals surface area contributed by atoms with Gasteiger partial charge in [-0.3, -0.25) is 5.41 Å². The molecule has 1 unspecified atom stereocenters. The highest BCUT2D eigenvalue weighted by molar-refractivity contribution is 5.98. The molecule has 6 nitrogen and oxygen atoms in total. The van der Waals surface area contributed by atoms with Crippen molar-refractivity contribution in [2.45, 2.75) is 19.4 Å². The Labute approximate surface area is 93.8 Å². The Balaban J connectivity index is 2.27. The van der Waals surface area contributed by atoms with Crippen molar-refractivity contribution in [2.24, 2.45) is 12.8 Å². The molecule has 1 saturated heterocycles. The van der Waals surface area contributed by atoms with Crippen molar-refractivity contribution < 1.29 is 9.47 Å². The zero-order valence-corrected chi connectivity index (χ0v) is 9.49. The van der Waals surface area contributed by atoms with Gasteiger partial charge in [-0.2, -0.15) is 5.10 Å². The van der Waals surface area contributed by atoms with Gasteiger partial charge in [-0.05, 0) is 6.92 Å². The van der Waals surface area contributed by atoms with E-state index in [-0.39, 0.29) is 11.9 Å². The van der Waals surface area contributed by atoms with Crippen LogP contribution < -0.4 is 10.5 Å². The summed E-state index contributed by atoms with van der Waals surface area (Å²) in [5, 5.41) is 11.7. The number of nitrogens with one attached hydrogen (secondary N) is 1. The number of aromatic nitrogens is 2. The number of hydrogen-bond acceptors (Lipinski definition) is 4. The summed E-state index contributed by atoms with van der Waals surface area (Å²) in [5.41, 5.74) is 6.81. The highest BCUT2D eigenvalue weighted by atomic mass is 16.6. The molecule has 1 aliphatic rings. The van der Waals surface area contributed by atoms with Gasteiger partial charge >= 0.3 is 0 Å². The molecule has 0 amide bonds. The molecule has 2 heterocycles. The van der Waals surface area contributed by atoms with Gasteiger partial charge in [-0.1, -0.05) is 0 Å². The maximum Gasteiger partial charge on any atom is 0.223 e. The fourth-order valence-electron chi connectivity index (χ4n) is 1.85. The fraction of sp³-hybridized carbons (Fsp3) is 0.600. The second-order valence-electron chi connectivity index (χ2n) is 3.91. The number of nitrogens with two attached hydrogens (primary N) is 1. The minimum absolute atomic E-state index is 0.0143. The van der Waals surface area contributed by atoms with Crippen LogP contribution in [0.4, 0.5) is 0 Å². The van der Waals surface area contributed by atoms with Crippen LogP contribution >= 0.6 is 0 Å². The minimum Gasteiger partial charge on any atom is -0.471 e. The van der Waals surface area contributed by atoms with Gasteiger partial charge in [0.25, 0.3) is 0 Å². The van der Waals surface area contributed by atoms with Crippen LogP contribution in [-0.2, 0) is 11.8 Å². The van der Waals surface area contributed by atoms with Crippen LogP contribution in [-0.4, -0.2) is 34.9 Å². The van der Waals surface area contributed by atoms with Crippen molar-refractivity contribution in [3.8, 4) is 5.88 Å². The number of rotatable bonds is 3. The summed E-state index contributed by atoms with van der Waals surface area (Å²) in [6.07, 6.45) is 0.898. The maximum absolute atomic E-state index is 7.52. The number of nitrogen functional groups attached to an aromatic ring is 1. The average Bonchev–Trinajstić information content (AvgIpc) is 2.76. The van der Waals surface area contributed by atoms with Gasteiger partial charge in [-0.15, -0.1) is 0 Å². The van der Waals surface area contributed by atoms with Crippen LogP contribution in [0.15, 0.2) is 0 Å². The standard InChI is InChI=1S/C10H16N4O2/c1-6-8(9(11)12)10(14(2)13-6)16-7-3-4-15-5-7/h7H,3-5H2,1-2H3,(H3,11,12). The van der Waals surface area contributed by atoms with Gasteiger partial charge < -0.3 is 15.2 Å². The third kappa shape index (κ3) is 1.88. The average molecular weight is 224 g/mol. The van der Waals surface area contributed by atoms with E-state index >= 15 is 0 Å². The van der Waals surface area contributed by atoms with Crippen LogP contribution in [0.1, 0.15) is 17.7 Å². The Kier molecular flexibility index (Phi) is 2.82. The first kappa shape index (κ1) is 10.9. The van der Waals surface area contributed by atoms with Crippen molar-refractivity contribution in [1.29, 1.82) is 5.41 Å². The Morgan fingerprint density at radius 3 is 3.00 bits per heavy atom. The summed E-state index contributed by atoms with van der Waals surface area (Å²) >= 11 is 0. The quantitative estimate of drug-likeness (QED) is 0.566.